The van der Waals surface area contributed by atoms with E-state index in [-0.39, 0.29) is 5.88 Å². The maximum Gasteiger partial charge on any atom is 0.255 e. The zero-order valence-corrected chi connectivity index (χ0v) is 11.2. The van der Waals surface area contributed by atoms with Gasteiger partial charge in [-0.1, -0.05) is 0 Å². The molecule has 0 bridgehead atoms. The lowest BCUT2D eigenvalue weighted by Gasteiger charge is -2.35. The van der Waals surface area contributed by atoms with Crippen LogP contribution in [0.4, 0.5) is 15.8 Å². The summed E-state index contributed by atoms with van der Waals surface area (Å²) in [6.45, 7) is 3.90. The molecule has 0 amide bonds. The summed E-state index contributed by atoms with van der Waals surface area (Å²) >= 11 is 0. The Morgan fingerprint density at radius 3 is 2.33 bits per heavy atom. The van der Waals surface area contributed by atoms with Gasteiger partial charge in [-0.3, -0.25) is 0 Å². The van der Waals surface area contributed by atoms with Gasteiger partial charge in [-0.05, 0) is 6.92 Å². The molecule has 0 atom stereocenters. The van der Waals surface area contributed by atoms with Gasteiger partial charge in [-0.2, -0.15) is 9.37 Å². The molecule has 2 rings (SSSR count). The van der Waals surface area contributed by atoms with Crippen molar-refractivity contribution < 1.29 is 13.9 Å². The molecule has 0 spiro atoms. The van der Waals surface area contributed by atoms with Crippen molar-refractivity contribution in [3.05, 3.63) is 5.82 Å². The first-order chi connectivity index (χ1) is 8.60. The first-order valence-corrected chi connectivity index (χ1v) is 5.92. The number of halogens is 1. The highest BCUT2D eigenvalue weighted by molar-refractivity contribution is 5.79. The second-order valence-electron chi connectivity index (χ2n) is 4.21. The fourth-order valence-corrected chi connectivity index (χ4v) is 2.09. The molecule has 0 aromatic carbocycles. The molecule has 100 valence electrons. The summed E-state index contributed by atoms with van der Waals surface area (Å²) in [4.78, 5) is 7.90. The molecule has 1 aliphatic rings. The van der Waals surface area contributed by atoms with E-state index in [1.54, 1.807) is 0 Å². The van der Waals surface area contributed by atoms with Gasteiger partial charge in [0.25, 0.3) is 5.88 Å². The van der Waals surface area contributed by atoms with Gasteiger partial charge >= 0.3 is 0 Å². The second kappa shape index (κ2) is 4.88. The fraction of sp³-hybridized carbons (Fsp3) is 0.583. The van der Waals surface area contributed by atoms with E-state index in [0.29, 0.717) is 23.9 Å². The highest BCUT2D eigenvalue weighted by Crippen LogP contribution is 2.43. The summed E-state index contributed by atoms with van der Waals surface area (Å²) in [7, 11) is 5.16. The molecule has 0 saturated carbocycles. The van der Waals surface area contributed by atoms with Crippen LogP contribution < -0.4 is 19.3 Å². The van der Waals surface area contributed by atoms with Crippen molar-refractivity contribution in [1.29, 1.82) is 0 Å². The number of fused-ring (bicyclic) bond motifs is 1. The molecule has 0 saturated heterocycles. The second-order valence-corrected chi connectivity index (χ2v) is 4.21. The molecule has 1 aromatic rings. The summed E-state index contributed by atoms with van der Waals surface area (Å²) in [5, 5.41) is 0. The van der Waals surface area contributed by atoms with Gasteiger partial charge in [0, 0.05) is 27.2 Å². The summed E-state index contributed by atoms with van der Waals surface area (Å²) in [6, 6.07) is 0. The van der Waals surface area contributed by atoms with E-state index in [1.165, 1.54) is 7.11 Å². The Labute approximate surface area is 106 Å². The van der Waals surface area contributed by atoms with Crippen LogP contribution in [0, 0.1) is 5.82 Å². The van der Waals surface area contributed by atoms with Gasteiger partial charge in [0.2, 0.25) is 11.7 Å². The predicted octanol–water partition coefficient (Wildman–Crippen LogP) is 1.51. The van der Waals surface area contributed by atoms with Crippen molar-refractivity contribution in [2.45, 2.75) is 6.92 Å². The number of aromatic nitrogens is 1. The fourth-order valence-electron chi connectivity index (χ4n) is 2.09. The van der Waals surface area contributed by atoms with E-state index >= 15 is 0 Å². The van der Waals surface area contributed by atoms with Gasteiger partial charge in [0.15, 0.2) is 0 Å². The first-order valence-electron chi connectivity index (χ1n) is 5.92. The lowest BCUT2D eigenvalue weighted by Crippen LogP contribution is -2.38. The Balaban J connectivity index is 2.65. The Morgan fingerprint density at radius 1 is 1.17 bits per heavy atom. The van der Waals surface area contributed by atoms with E-state index in [2.05, 4.69) is 4.98 Å². The first kappa shape index (κ1) is 12.7. The highest BCUT2D eigenvalue weighted by atomic mass is 19.1. The molecule has 1 aromatic heterocycles. The molecule has 0 aliphatic carbocycles. The number of methoxy groups -OCH3 is 1. The van der Waals surface area contributed by atoms with Crippen LogP contribution in [0.25, 0.3) is 0 Å². The molecule has 0 fully saturated rings. The van der Waals surface area contributed by atoms with Crippen LogP contribution in [0.5, 0.6) is 11.8 Å². The smallest absolute Gasteiger partial charge is 0.255 e. The number of pyridine rings is 1. The summed E-state index contributed by atoms with van der Waals surface area (Å²) in [6.07, 6.45) is 0. The lowest BCUT2D eigenvalue weighted by molar-refractivity contribution is 0.309. The largest absolute Gasteiger partial charge is 0.479 e. The van der Waals surface area contributed by atoms with E-state index in [0.717, 1.165) is 13.1 Å². The van der Waals surface area contributed by atoms with Gasteiger partial charge in [0.1, 0.15) is 11.4 Å². The molecule has 6 heteroatoms. The van der Waals surface area contributed by atoms with Crippen LogP contribution in [-0.4, -0.2) is 45.9 Å². The Kier molecular flexibility index (Phi) is 3.45. The van der Waals surface area contributed by atoms with Crippen molar-refractivity contribution in [2.75, 3.05) is 50.7 Å². The number of anilines is 2. The molecule has 0 N–H and O–H groups in total. The van der Waals surface area contributed by atoms with Crippen molar-refractivity contribution in [3.8, 4) is 11.8 Å². The maximum absolute atomic E-state index is 14.3. The molecule has 5 nitrogen and oxygen atoms in total. The normalized spacial score (nSPS) is 14.5. The number of likely N-dealkylation sites (N-methyl/N-ethyl adjacent to an activating group) is 2. The Morgan fingerprint density at radius 2 is 1.78 bits per heavy atom. The van der Waals surface area contributed by atoms with Crippen molar-refractivity contribution in [1.82, 2.24) is 4.98 Å². The number of ether oxygens (including phenoxy) is 2. The molecule has 18 heavy (non-hydrogen) atoms. The predicted molar refractivity (Wildman–Crippen MR) is 68.5 cm³/mol. The van der Waals surface area contributed by atoms with Gasteiger partial charge < -0.3 is 19.3 Å². The Hall–Kier alpha value is -1.72. The Bertz CT molecular complexity index is 453. The van der Waals surface area contributed by atoms with Crippen molar-refractivity contribution in [3.63, 3.8) is 0 Å². The molecular formula is C12H18FN3O2. The quantitative estimate of drug-likeness (QED) is 0.818. The number of nitrogens with zero attached hydrogens (tertiary/aromatic N) is 3. The van der Waals surface area contributed by atoms with Crippen LogP contribution in [0.3, 0.4) is 0 Å². The SMILES string of the molecule is CCOc1nc(OC)c(F)c2c1N(C)CCN2C. The van der Waals surface area contributed by atoms with E-state index < -0.39 is 5.82 Å². The average Bonchev–Trinajstić information content (AvgIpc) is 2.36. The van der Waals surface area contributed by atoms with Crippen molar-refractivity contribution >= 4 is 11.4 Å². The lowest BCUT2D eigenvalue weighted by atomic mass is 10.2. The molecular weight excluding hydrogens is 237 g/mol. The van der Waals surface area contributed by atoms with Crippen LogP contribution in [0.15, 0.2) is 0 Å². The van der Waals surface area contributed by atoms with Crippen LogP contribution in [0.1, 0.15) is 6.92 Å². The van der Waals surface area contributed by atoms with Gasteiger partial charge in [0.05, 0.1) is 13.7 Å². The van der Waals surface area contributed by atoms with Crippen LogP contribution in [0.2, 0.25) is 0 Å². The summed E-state index contributed by atoms with van der Waals surface area (Å²) < 4.78 is 24.8. The van der Waals surface area contributed by atoms with Crippen molar-refractivity contribution in [2.24, 2.45) is 0 Å². The van der Waals surface area contributed by atoms with Gasteiger partial charge in [-0.15, -0.1) is 0 Å². The number of hydrogen-bond donors (Lipinski definition) is 0. The standard InChI is InChI=1S/C12H18FN3O2/c1-5-18-12-10-9(8(13)11(14-12)17-4)15(2)6-7-16(10)3/h5-7H2,1-4H3. The zero-order chi connectivity index (χ0) is 13.3. The summed E-state index contributed by atoms with van der Waals surface area (Å²) in [5.74, 6) is -0.0517. The minimum Gasteiger partial charge on any atom is -0.479 e. The van der Waals surface area contributed by atoms with Crippen LogP contribution in [-0.2, 0) is 0 Å². The molecule has 0 unspecified atom stereocenters. The third-order valence-electron chi connectivity index (χ3n) is 3.03. The monoisotopic (exact) mass is 255 g/mol. The topological polar surface area (TPSA) is 37.8 Å². The molecule has 0 radical (unpaired) electrons. The van der Waals surface area contributed by atoms with Gasteiger partial charge in [-0.25, -0.2) is 0 Å². The number of rotatable bonds is 3. The highest BCUT2D eigenvalue weighted by Gasteiger charge is 2.29. The van der Waals surface area contributed by atoms with Crippen LogP contribution >= 0.6 is 0 Å². The summed E-state index contributed by atoms with van der Waals surface area (Å²) in [5.41, 5.74) is 1.17. The maximum atomic E-state index is 14.3. The molecule has 1 aliphatic heterocycles. The third-order valence-corrected chi connectivity index (χ3v) is 3.03. The number of hydrogen-bond acceptors (Lipinski definition) is 5. The van der Waals surface area contributed by atoms with E-state index in [4.69, 9.17) is 9.47 Å². The minimum absolute atomic E-state index is 0.0284. The minimum atomic E-state index is -0.440. The van der Waals surface area contributed by atoms with E-state index in [9.17, 15) is 4.39 Å². The molecule has 2 heterocycles. The average molecular weight is 255 g/mol. The zero-order valence-electron chi connectivity index (χ0n) is 11.2. The van der Waals surface area contributed by atoms with E-state index in [1.807, 2.05) is 30.8 Å². The third kappa shape index (κ3) is 1.91.